The minimum atomic E-state index is -0.531. The summed E-state index contributed by atoms with van der Waals surface area (Å²) in [5.41, 5.74) is 3.71. The Bertz CT molecular complexity index is 1280. The van der Waals surface area contributed by atoms with Crippen molar-refractivity contribution in [2.75, 3.05) is 19.7 Å². The highest BCUT2D eigenvalue weighted by molar-refractivity contribution is 5.95. The van der Waals surface area contributed by atoms with Gasteiger partial charge in [0.2, 0.25) is 0 Å². The fourth-order valence-corrected chi connectivity index (χ4v) is 5.43. The predicted octanol–water partition coefficient (Wildman–Crippen LogP) is 6.80. The van der Waals surface area contributed by atoms with Gasteiger partial charge in [0.15, 0.2) is 0 Å². The first-order valence-electron chi connectivity index (χ1n) is 13.0. The molecule has 5 rings (SSSR count). The lowest BCUT2D eigenvalue weighted by Gasteiger charge is -2.31. The number of hydrogen-bond acceptors (Lipinski definition) is 5. The monoisotopic (exact) mass is 503 g/mol. The Morgan fingerprint density at radius 1 is 1.05 bits per heavy atom. The zero-order chi connectivity index (χ0) is 26.1. The van der Waals surface area contributed by atoms with Crippen molar-refractivity contribution >= 4 is 11.1 Å². The molecule has 2 heterocycles. The number of fused-ring (bicyclic) bond motifs is 1. The number of ether oxygens (including phenoxy) is 2. The molecular formula is C31H34FNO4. The number of nitrogens with zero attached hydrogens (tertiary/aromatic N) is 1. The van der Waals surface area contributed by atoms with Crippen molar-refractivity contribution in [1.82, 2.24) is 4.90 Å². The molecule has 1 fully saturated rings. The van der Waals surface area contributed by atoms with Crippen LogP contribution in [-0.2, 0) is 0 Å². The van der Waals surface area contributed by atoms with Crippen LogP contribution in [0.3, 0.4) is 0 Å². The van der Waals surface area contributed by atoms with Crippen LogP contribution >= 0.6 is 0 Å². The van der Waals surface area contributed by atoms with Crippen LogP contribution in [0.25, 0.3) is 11.1 Å². The van der Waals surface area contributed by atoms with Gasteiger partial charge in [0.05, 0.1) is 0 Å². The Hall–Kier alpha value is -3.51. The minimum Gasteiger partial charge on any atom is -0.508 e. The molecule has 3 atom stereocenters. The van der Waals surface area contributed by atoms with Gasteiger partial charge in [-0.25, -0.2) is 4.39 Å². The van der Waals surface area contributed by atoms with E-state index in [1.807, 2.05) is 31.2 Å². The molecule has 2 aliphatic rings. The van der Waals surface area contributed by atoms with Crippen molar-refractivity contribution in [1.29, 1.82) is 0 Å². The normalized spacial score (nSPS) is 20.4. The predicted molar refractivity (Wildman–Crippen MR) is 143 cm³/mol. The van der Waals surface area contributed by atoms with Crippen LogP contribution in [0, 0.1) is 11.7 Å². The zero-order valence-corrected chi connectivity index (χ0v) is 21.6. The fraction of sp³-hybridized carbons (Fsp3) is 0.355. The van der Waals surface area contributed by atoms with Gasteiger partial charge in [-0.3, -0.25) is 4.90 Å². The molecule has 3 aromatic carbocycles. The maximum Gasteiger partial charge on any atom is 0.150 e. The molecule has 6 heteroatoms. The van der Waals surface area contributed by atoms with Gasteiger partial charge < -0.3 is 19.7 Å². The summed E-state index contributed by atoms with van der Waals surface area (Å²) in [6.07, 6.45) is 1.96. The van der Waals surface area contributed by atoms with Crippen LogP contribution in [0.1, 0.15) is 56.4 Å². The Morgan fingerprint density at radius 2 is 1.84 bits per heavy atom. The second-order valence-electron chi connectivity index (χ2n) is 10.2. The molecule has 2 N–H and O–H groups in total. The van der Waals surface area contributed by atoms with E-state index in [4.69, 9.17) is 9.47 Å². The quantitative estimate of drug-likeness (QED) is 0.371. The Kier molecular flexibility index (Phi) is 7.11. The smallest absolute Gasteiger partial charge is 0.150 e. The van der Waals surface area contributed by atoms with Gasteiger partial charge in [0, 0.05) is 29.8 Å². The summed E-state index contributed by atoms with van der Waals surface area (Å²) in [5, 5.41) is 20.1. The number of hydrogen-bond donors (Lipinski definition) is 2. The maximum atomic E-state index is 14.3. The van der Waals surface area contributed by atoms with Crippen molar-refractivity contribution in [3.05, 3.63) is 83.2 Å². The minimum absolute atomic E-state index is 0.122. The molecule has 0 radical (unpaired) electrons. The number of allylic oxidation sites excluding steroid dienone is 1. The molecule has 0 aliphatic carbocycles. The Morgan fingerprint density at radius 3 is 2.54 bits per heavy atom. The molecule has 1 unspecified atom stereocenters. The second-order valence-corrected chi connectivity index (χ2v) is 10.2. The topological polar surface area (TPSA) is 62.2 Å². The Balaban J connectivity index is 1.40. The highest BCUT2D eigenvalue weighted by Crippen LogP contribution is 2.48. The van der Waals surface area contributed by atoms with E-state index in [2.05, 4.69) is 18.7 Å². The van der Waals surface area contributed by atoms with E-state index in [1.165, 1.54) is 25.0 Å². The van der Waals surface area contributed by atoms with Gasteiger partial charge in [-0.2, -0.15) is 0 Å². The van der Waals surface area contributed by atoms with Crippen molar-refractivity contribution in [3.8, 4) is 23.0 Å². The molecule has 5 nitrogen and oxygen atoms in total. The number of aromatic hydroxyl groups is 2. The number of likely N-dealkylation sites (tertiary alicyclic amines) is 1. The summed E-state index contributed by atoms with van der Waals surface area (Å²) < 4.78 is 26.8. The number of phenolic OH excluding ortho intramolecular Hbond substituents is 2. The lowest BCUT2D eigenvalue weighted by molar-refractivity contribution is 0.168. The number of phenols is 2. The van der Waals surface area contributed by atoms with E-state index < -0.39 is 11.9 Å². The molecule has 0 spiro atoms. The molecule has 2 aliphatic heterocycles. The van der Waals surface area contributed by atoms with E-state index in [0.29, 0.717) is 24.0 Å². The third kappa shape index (κ3) is 5.30. The highest BCUT2D eigenvalue weighted by Gasteiger charge is 2.30. The van der Waals surface area contributed by atoms with E-state index in [1.54, 1.807) is 18.2 Å². The van der Waals surface area contributed by atoms with Crippen LogP contribution in [0.2, 0.25) is 0 Å². The van der Waals surface area contributed by atoms with Crippen molar-refractivity contribution in [2.45, 2.75) is 45.8 Å². The Labute approximate surface area is 217 Å². The van der Waals surface area contributed by atoms with Crippen molar-refractivity contribution in [3.63, 3.8) is 0 Å². The van der Waals surface area contributed by atoms with Crippen LogP contribution < -0.4 is 9.47 Å². The van der Waals surface area contributed by atoms with Gasteiger partial charge in [-0.05, 0) is 91.9 Å². The van der Waals surface area contributed by atoms with Crippen LogP contribution in [0.4, 0.5) is 4.39 Å². The average molecular weight is 504 g/mol. The lowest BCUT2D eigenvalue weighted by Crippen LogP contribution is -2.35. The lowest BCUT2D eigenvalue weighted by atomic mass is 9.86. The number of benzene rings is 3. The molecule has 3 aromatic rings. The summed E-state index contributed by atoms with van der Waals surface area (Å²) in [5.74, 6) is 1.64. The molecular weight excluding hydrogens is 469 g/mol. The number of halogens is 1. The summed E-state index contributed by atoms with van der Waals surface area (Å²) in [6.45, 7) is 9.29. The van der Waals surface area contributed by atoms with E-state index in [-0.39, 0.29) is 11.5 Å². The first-order valence-corrected chi connectivity index (χ1v) is 13.0. The summed E-state index contributed by atoms with van der Waals surface area (Å²) in [6, 6.07) is 17.1. The van der Waals surface area contributed by atoms with Gasteiger partial charge in [-0.15, -0.1) is 0 Å². The summed E-state index contributed by atoms with van der Waals surface area (Å²) in [7, 11) is 0. The van der Waals surface area contributed by atoms with E-state index in [9.17, 15) is 14.6 Å². The van der Waals surface area contributed by atoms with Gasteiger partial charge in [0.25, 0.3) is 0 Å². The molecule has 1 saturated heterocycles. The van der Waals surface area contributed by atoms with Crippen LogP contribution in [-0.4, -0.2) is 40.9 Å². The molecule has 0 saturated carbocycles. The van der Waals surface area contributed by atoms with Gasteiger partial charge in [0.1, 0.15) is 41.5 Å². The first-order chi connectivity index (χ1) is 17.8. The zero-order valence-electron chi connectivity index (χ0n) is 21.6. The van der Waals surface area contributed by atoms with Gasteiger partial charge >= 0.3 is 0 Å². The molecule has 194 valence electrons. The van der Waals surface area contributed by atoms with Crippen LogP contribution in [0.5, 0.6) is 23.0 Å². The highest BCUT2D eigenvalue weighted by atomic mass is 19.1. The standard InChI is InChI=1S/C31H34FNO4/c1-4-21-11-12-33(17-21)19(2)18-36-27-8-5-22(6-9-27)31-30(23-13-24(32)15-26(35)14-23)20(3)28-16-25(34)7-10-29(28)37-31/h5-10,13-16,19,21,31,34-35H,4,11-12,17-18H2,1-3H3/t19-,21+,31?/m0/s1. The summed E-state index contributed by atoms with van der Waals surface area (Å²) in [4.78, 5) is 2.50. The third-order valence-electron chi connectivity index (χ3n) is 7.66. The van der Waals surface area contributed by atoms with Gasteiger partial charge in [-0.1, -0.05) is 25.5 Å². The largest absolute Gasteiger partial charge is 0.508 e. The van der Waals surface area contributed by atoms with Crippen LogP contribution in [0.15, 0.2) is 60.7 Å². The van der Waals surface area contributed by atoms with Crippen molar-refractivity contribution in [2.24, 2.45) is 5.92 Å². The number of rotatable bonds is 7. The van der Waals surface area contributed by atoms with E-state index in [0.717, 1.165) is 53.1 Å². The second kappa shape index (κ2) is 10.5. The molecule has 0 aromatic heterocycles. The average Bonchev–Trinajstić information content (AvgIpc) is 3.37. The SMILES string of the molecule is CC[C@@H]1CCN([C@@H](C)COc2ccc(C3Oc4ccc(O)cc4C(C)=C3c3cc(O)cc(F)c3)cc2)C1. The van der Waals surface area contributed by atoms with Crippen molar-refractivity contribution < 1.29 is 24.1 Å². The summed E-state index contributed by atoms with van der Waals surface area (Å²) >= 11 is 0. The molecule has 0 bridgehead atoms. The first kappa shape index (κ1) is 25.2. The molecule has 0 amide bonds. The maximum absolute atomic E-state index is 14.3. The fourth-order valence-electron chi connectivity index (χ4n) is 5.43. The van der Waals surface area contributed by atoms with E-state index >= 15 is 0 Å². The third-order valence-corrected chi connectivity index (χ3v) is 7.66. The molecule has 37 heavy (non-hydrogen) atoms.